The lowest BCUT2D eigenvalue weighted by atomic mass is 10.1. The molecule has 1 aromatic carbocycles. The summed E-state index contributed by atoms with van der Waals surface area (Å²) in [7, 11) is 7.78. The molecule has 21 heavy (non-hydrogen) atoms. The molecule has 1 aromatic rings. The van der Waals surface area contributed by atoms with E-state index >= 15 is 0 Å². The Balaban J connectivity index is 2.30. The number of methoxy groups -OCH3 is 1. The van der Waals surface area contributed by atoms with Crippen molar-refractivity contribution in [3.8, 4) is 11.5 Å². The minimum Gasteiger partial charge on any atom is -0.870 e. The Morgan fingerprint density at radius 3 is 2.62 bits per heavy atom. The topological polar surface area (TPSA) is 58.6 Å². The molecule has 0 aliphatic carbocycles. The van der Waals surface area contributed by atoms with Crippen LogP contribution in [0.2, 0.25) is 0 Å². The SMILES string of the molecule is COc1cc(CCC(=O)OCCC[N+](C)(C)C)ccc1[O-]. The molecular weight excluding hydrogens is 270 g/mol. The van der Waals surface area contributed by atoms with Gasteiger partial charge in [-0.1, -0.05) is 17.9 Å². The van der Waals surface area contributed by atoms with Crippen molar-refractivity contribution in [2.24, 2.45) is 0 Å². The molecule has 5 heteroatoms. The fourth-order valence-corrected chi connectivity index (χ4v) is 1.91. The number of ether oxygens (including phenoxy) is 2. The van der Waals surface area contributed by atoms with Gasteiger partial charge >= 0.3 is 5.97 Å². The van der Waals surface area contributed by atoms with Gasteiger partial charge in [0.2, 0.25) is 0 Å². The van der Waals surface area contributed by atoms with Crippen LogP contribution in [0.5, 0.6) is 11.5 Å². The third kappa shape index (κ3) is 6.99. The molecule has 0 aromatic heterocycles. The van der Waals surface area contributed by atoms with Crippen molar-refractivity contribution in [1.82, 2.24) is 0 Å². The first-order chi connectivity index (χ1) is 9.81. The highest BCUT2D eigenvalue weighted by atomic mass is 16.5. The lowest BCUT2D eigenvalue weighted by Gasteiger charge is -2.23. The number of hydrogen-bond donors (Lipinski definition) is 0. The van der Waals surface area contributed by atoms with Crippen molar-refractivity contribution in [1.29, 1.82) is 0 Å². The zero-order valence-corrected chi connectivity index (χ0v) is 13.3. The monoisotopic (exact) mass is 295 g/mol. The number of rotatable bonds is 8. The van der Waals surface area contributed by atoms with Gasteiger partial charge in [0.15, 0.2) is 0 Å². The average molecular weight is 295 g/mol. The molecule has 0 aliphatic rings. The molecule has 5 nitrogen and oxygen atoms in total. The van der Waals surface area contributed by atoms with E-state index in [0.29, 0.717) is 25.2 Å². The minimum absolute atomic E-state index is 0.149. The zero-order valence-electron chi connectivity index (χ0n) is 13.3. The summed E-state index contributed by atoms with van der Waals surface area (Å²) in [5.41, 5.74) is 0.898. The fraction of sp³-hybridized carbons (Fsp3) is 0.562. The zero-order chi connectivity index (χ0) is 15.9. The van der Waals surface area contributed by atoms with Gasteiger partial charge in [-0.2, -0.15) is 0 Å². The number of nitrogens with zero attached hydrogens (tertiary/aromatic N) is 1. The lowest BCUT2D eigenvalue weighted by molar-refractivity contribution is -0.870. The van der Waals surface area contributed by atoms with Gasteiger partial charge in [-0.3, -0.25) is 4.79 Å². The molecule has 0 bridgehead atoms. The molecule has 0 spiro atoms. The van der Waals surface area contributed by atoms with E-state index in [2.05, 4.69) is 21.1 Å². The van der Waals surface area contributed by atoms with E-state index in [0.717, 1.165) is 23.0 Å². The number of quaternary nitrogens is 1. The maximum absolute atomic E-state index is 11.6. The normalized spacial score (nSPS) is 11.2. The van der Waals surface area contributed by atoms with E-state index in [4.69, 9.17) is 9.47 Å². The van der Waals surface area contributed by atoms with E-state index in [1.54, 1.807) is 12.1 Å². The van der Waals surface area contributed by atoms with Crippen LogP contribution in [0.4, 0.5) is 0 Å². The number of carbonyl (C=O) groups is 1. The molecule has 1 rings (SSSR count). The van der Waals surface area contributed by atoms with E-state index in [9.17, 15) is 9.90 Å². The van der Waals surface area contributed by atoms with Crippen LogP contribution in [-0.4, -0.2) is 51.9 Å². The minimum atomic E-state index is -0.207. The summed E-state index contributed by atoms with van der Waals surface area (Å²) >= 11 is 0. The fourth-order valence-electron chi connectivity index (χ4n) is 1.91. The number of benzene rings is 1. The molecular formula is C16H25NO4. The van der Waals surface area contributed by atoms with Crippen LogP contribution in [0.25, 0.3) is 0 Å². The Kier molecular flexibility index (Phi) is 6.49. The highest BCUT2D eigenvalue weighted by molar-refractivity contribution is 5.69. The third-order valence-electron chi connectivity index (χ3n) is 3.08. The molecule has 0 atom stereocenters. The van der Waals surface area contributed by atoms with Gasteiger partial charge in [-0.15, -0.1) is 0 Å². The van der Waals surface area contributed by atoms with Gasteiger partial charge in [0.05, 0.1) is 41.4 Å². The summed E-state index contributed by atoms with van der Waals surface area (Å²) in [6.07, 6.45) is 1.71. The largest absolute Gasteiger partial charge is 0.870 e. The van der Waals surface area contributed by atoms with Crippen LogP contribution in [0, 0.1) is 0 Å². The van der Waals surface area contributed by atoms with Crippen LogP contribution >= 0.6 is 0 Å². The second-order valence-electron chi connectivity index (χ2n) is 6.07. The number of hydrogen-bond acceptors (Lipinski definition) is 4. The van der Waals surface area contributed by atoms with Crippen molar-refractivity contribution in [3.63, 3.8) is 0 Å². The van der Waals surface area contributed by atoms with E-state index in [1.165, 1.54) is 13.2 Å². The van der Waals surface area contributed by atoms with E-state index in [-0.39, 0.29) is 11.7 Å². The van der Waals surface area contributed by atoms with E-state index in [1.807, 2.05) is 0 Å². The molecule has 118 valence electrons. The standard InChI is InChI=1S/C16H25NO4/c1-17(2,3)10-5-11-21-16(19)9-7-13-6-8-14(18)15(12-13)20-4/h6,8,12H,5,7,9-11H2,1-4H3. The molecule has 0 heterocycles. The number of esters is 1. The highest BCUT2D eigenvalue weighted by Crippen LogP contribution is 2.24. The number of carbonyl (C=O) groups excluding carboxylic acids is 1. The average Bonchev–Trinajstić information content (AvgIpc) is 2.41. The maximum Gasteiger partial charge on any atom is 0.306 e. The molecule has 0 saturated carbocycles. The van der Waals surface area contributed by atoms with Gasteiger partial charge in [-0.25, -0.2) is 0 Å². The van der Waals surface area contributed by atoms with E-state index < -0.39 is 0 Å². The molecule has 0 amide bonds. The number of aryl methyl sites for hydroxylation is 1. The lowest BCUT2D eigenvalue weighted by Crippen LogP contribution is -2.35. The van der Waals surface area contributed by atoms with Gasteiger partial charge < -0.3 is 19.1 Å². The molecule has 0 fully saturated rings. The van der Waals surface area contributed by atoms with Crippen LogP contribution in [0.15, 0.2) is 18.2 Å². The van der Waals surface area contributed by atoms with Gasteiger partial charge in [0.25, 0.3) is 0 Å². The predicted octanol–water partition coefficient (Wildman–Crippen LogP) is 1.34. The predicted molar refractivity (Wildman–Crippen MR) is 79.2 cm³/mol. The first kappa shape index (κ1) is 17.3. The van der Waals surface area contributed by atoms with Gasteiger partial charge in [0.1, 0.15) is 5.75 Å². The Labute approximate surface area is 126 Å². The maximum atomic E-state index is 11.6. The van der Waals surface area contributed by atoms with Crippen molar-refractivity contribution < 1.29 is 23.9 Å². The van der Waals surface area contributed by atoms with Crippen LogP contribution in [0.3, 0.4) is 0 Å². The first-order valence-corrected chi connectivity index (χ1v) is 7.12. The Morgan fingerprint density at radius 1 is 1.29 bits per heavy atom. The first-order valence-electron chi connectivity index (χ1n) is 7.12. The van der Waals surface area contributed by atoms with Crippen LogP contribution in [0.1, 0.15) is 18.4 Å². The molecule has 0 N–H and O–H groups in total. The quantitative estimate of drug-likeness (QED) is 0.412. The smallest absolute Gasteiger partial charge is 0.306 e. The van der Waals surface area contributed by atoms with Gasteiger partial charge in [-0.05, 0) is 18.1 Å². The van der Waals surface area contributed by atoms with Crippen LogP contribution < -0.4 is 9.84 Å². The Morgan fingerprint density at radius 2 is 2.00 bits per heavy atom. The van der Waals surface area contributed by atoms with Crippen molar-refractivity contribution in [2.75, 3.05) is 41.4 Å². The third-order valence-corrected chi connectivity index (χ3v) is 3.08. The van der Waals surface area contributed by atoms with Crippen molar-refractivity contribution in [3.05, 3.63) is 23.8 Å². The summed E-state index contributed by atoms with van der Waals surface area (Å²) in [6.45, 7) is 1.42. The highest BCUT2D eigenvalue weighted by Gasteiger charge is 2.08. The summed E-state index contributed by atoms with van der Waals surface area (Å²) in [6, 6.07) is 4.85. The van der Waals surface area contributed by atoms with Crippen LogP contribution in [-0.2, 0) is 16.0 Å². The van der Waals surface area contributed by atoms with Crippen molar-refractivity contribution >= 4 is 5.97 Å². The van der Waals surface area contributed by atoms with Gasteiger partial charge in [0, 0.05) is 12.8 Å². The molecule has 0 radical (unpaired) electrons. The Hall–Kier alpha value is -1.75. The van der Waals surface area contributed by atoms with Crippen molar-refractivity contribution in [2.45, 2.75) is 19.3 Å². The molecule has 0 aliphatic heterocycles. The second-order valence-corrected chi connectivity index (χ2v) is 6.07. The molecule has 0 saturated heterocycles. The summed E-state index contributed by atoms with van der Waals surface area (Å²) in [5.74, 6) is -0.0467. The summed E-state index contributed by atoms with van der Waals surface area (Å²) in [5, 5.41) is 11.4. The summed E-state index contributed by atoms with van der Waals surface area (Å²) in [4.78, 5) is 11.6. The second kappa shape index (κ2) is 7.88. The Bertz CT molecular complexity index is 466. The molecule has 0 unspecified atom stereocenters. The summed E-state index contributed by atoms with van der Waals surface area (Å²) < 4.78 is 11.0.